The Kier molecular flexibility index (Phi) is 6.44. The molecule has 1 N–H and O–H groups in total. The summed E-state index contributed by atoms with van der Waals surface area (Å²) in [7, 11) is 1.26. The van der Waals surface area contributed by atoms with E-state index in [1.807, 2.05) is 6.92 Å². The normalized spacial score (nSPS) is 13.3. The topological polar surface area (TPSA) is 98.5 Å². The zero-order chi connectivity index (χ0) is 17.5. The summed E-state index contributed by atoms with van der Waals surface area (Å²) in [5, 5.41) is 13.5. The Morgan fingerprint density at radius 1 is 1.39 bits per heavy atom. The molecule has 124 valence electrons. The summed E-state index contributed by atoms with van der Waals surface area (Å²) < 4.78 is 4.72. The summed E-state index contributed by atoms with van der Waals surface area (Å²) in [6, 6.07) is 6.08. The van der Waals surface area contributed by atoms with Crippen molar-refractivity contribution in [2.24, 2.45) is 0 Å². The molecule has 0 bridgehead atoms. The number of para-hydroxylation sites is 1. The SMILES string of the molecule is CCCC(C)(NC(=O)/C=C/c1ccccc1[N+](=O)[O-])C(=O)OC. The van der Waals surface area contributed by atoms with Gasteiger partial charge in [0.15, 0.2) is 0 Å². The summed E-state index contributed by atoms with van der Waals surface area (Å²) in [5.74, 6) is -1.06. The summed E-state index contributed by atoms with van der Waals surface area (Å²) in [6.07, 6.45) is 3.61. The Hall–Kier alpha value is -2.70. The van der Waals surface area contributed by atoms with Gasteiger partial charge in [0.2, 0.25) is 5.91 Å². The monoisotopic (exact) mass is 320 g/mol. The molecule has 1 amide bonds. The van der Waals surface area contributed by atoms with Crippen LogP contribution in [-0.2, 0) is 14.3 Å². The molecule has 0 radical (unpaired) electrons. The van der Waals surface area contributed by atoms with Crippen molar-refractivity contribution in [1.82, 2.24) is 5.32 Å². The van der Waals surface area contributed by atoms with Crippen molar-refractivity contribution >= 4 is 23.6 Å². The predicted molar refractivity (Wildman–Crippen MR) is 85.6 cm³/mol. The molecular formula is C16H20N2O5. The molecule has 0 aliphatic rings. The van der Waals surface area contributed by atoms with Crippen molar-refractivity contribution in [2.45, 2.75) is 32.2 Å². The van der Waals surface area contributed by atoms with Gasteiger partial charge in [-0.2, -0.15) is 0 Å². The molecule has 7 heteroatoms. The molecule has 23 heavy (non-hydrogen) atoms. The van der Waals surface area contributed by atoms with Crippen LogP contribution in [0.2, 0.25) is 0 Å². The molecule has 0 aliphatic carbocycles. The third-order valence-electron chi connectivity index (χ3n) is 3.33. The van der Waals surface area contributed by atoms with Crippen LogP contribution in [0.15, 0.2) is 30.3 Å². The minimum Gasteiger partial charge on any atom is -0.467 e. The largest absolute Gasteiger partial charge is 0.467 e. The lowest BCUT2D eigenvalue weighted by molar-refractivity contribution is -0.385. The van der Waals surface area contributed by atoms with Gasteiger partial charge in [-0.05, 0) is 25.5 Å². The molecule has 1 unspecified atom stereocenters. The highest BCUT2D eigenvalue weighted by molar-refractivity contribution is 5.96. The zero-order valence-electron chi connectivity index (χ0n) is 13.4. The fraction of sp³-hybridized carbons (Fsp3) is 0.375. The third kappa shape index (κ3) is 4.91. The molecule has 7 nitrogen and oxygen atoms in total. The van der Waals surface area contributed by atoms with Crippen LogP contribution < -0.4 is 5.32 Å². The van der Waals surface area contributed by atoms with Crippen LogP contribution in [0.5, 0.6) is 0 Å². The van der Waals surface area contributed by atoms with E-state index in [9.17, 15) is 19.7 Å². The minimum absolute atomic E-state index is 0.0964. The van der Waals surface area contributed by atoms with Gasteiger partial charge in [0.25, 0.3) is 5.69 Å². The van der Waals surface area contributed by atoms with Gasteiger partial charge in [0, 0.05) is 12.1 Å². The van der Waals surface area contributed by atoms with E-state index in [1.54, 1.807) is 19.1 Å². The van der Waals surface area contributed by atoms with E-state index in [4.69, 9.17) is 4.74 Å². The first-order valence-electron chi connectivity index (χ1n) is 7.16. The molecule has 0 spiro atoms. The van der Waals surface area contributed by atoms with Crippen LogP contribution in [0, 0.1) is 10.1 Å². The van der Waals surface area contributed by atoms with Gasteiger partial charge in [-0.15, -0.1) is 0 Å². The van der Waals surface area contributed by atoms with Gasteiger partial charge in [-0.1, -0.05) is 25.5 Å². The summed E-state index contributed by atoms with van der Waals surface area (Å²) in [4.78, 5) is 34.3. The summed E-state index contributed by atoms with van der Waals surface area (Å²) in [5.41, 5.74) is -0.920. The van der Waals surface area contributed by atoms with Crippen molar-refractivity contribution < 1.29 is 19.2 Å². The van der Waals surface area contributed by atoms with E-state index in [0.717, 1.165) is 0 Å². The highest BCUT2D eigenvalue weighted by Gasteiger charge is 2.34. The van der Waals surface area contributed by atoms with Crippen molar-refractivity contribution in [3.8, 4) is 0 Å². The number of nitrogens with one attached hydrogen (secondary N) is 1. The molecule has 1 atom stereocenters. The number of nitro benzene ring substituents is 1. The van der Waals surface area contributed by atoms with Crippen LogP contribution >= 0.6 is 0 Å². The first-order chi connectivity index (χ1) is 10.8. The van der Waals surface area contributed by atoms with Crippen molar-refractivity contribution in [3.05, 3.63) is 46.0 Å². The fourth-order valence-electron chi connectivity index (χ4n) is 2.21. The van der Waals surface area contributed by atoms with Crippen molar-refractivity contribution in [1.29, 1.82) is 0 Å². The second kappa shape index (κ2) is 8.07. The Labute approximate surface area is 134 Å². The first kappa shape index (κ1) is 18.3. The second-order valence-electron chi connectivity index (χ2n) is 5.21. The molecule has 0 aromatic heterocycles. The maximum atomic E-state index is 12.0. The fourth-order valence-corrected chi connectivity index (χ4v) is 2.21. The number of carbonyl (C=O) groups excluding carboxylic acids is 2. The Balaban J connectivity index is 2.91. The number of nitrogens with zero attached hydrogens (tertiary/aromatic N) is 1. The maximum absolute atomic E-state index is 12.0. The average molecular weight is 320 g/mol. The molecule has 1 aromatic carbocycles. The number of hydrogen-bond acceptors (Lipinski definition) is 5. The lowest BCUT2D eigenvalue weighted by Crippen LogP contribution is -2.52. The molecule has 0 fully saturated rings. The van der Waals surface area contributed by atoms with Gasteiger partial charge in [-0.25, -0.2) is 4.79 Å². The molecule has 0 saturated heterocycles. The molecule has 0 heterocycles. The minimum atomic E-state index is -1.13. The predicted octanol–water partition coefficient (Wildman–Crippen LogP) is 2.46. The molecule has 0 aliphatic heterocycles. The van der Waals surface area contributed by atoms with E-state index in [-0.39, 0.29) is 5.69 Å². The summed E-state index contributed by atoms with van der Waals surface area (Å²) in [6.45, 7) is 3.47. The standard InChI is InChI=1S/C16H20N2O5/c1-4-11-16(2,15(20)23-3)17-14(19)10-9-12-7-5-6-8-13(12)18(21)22/h5-10H,4,11H2,1-3H3,(H,17,19)/b10-9+. The van der Waals surface area contributed by atoms with E-state index in [1.165, 1.54) is 31.4 Å². The molecular weight excluding hydrogens is 300 g/mol. The zero-order valence-corrected chi connectivity index (χ0v) is 13.4. The number of amides is 1. The quantitative estimate of drug-likeness (QED) is 0.360. The molecule has 0 saturated carbocycles. The molecule has 1 aromatic rings. The third-order valence-corrected chi connectivity index (χ3v) is 3.33. The van der Waals surface area contributed by atoms with Crippen LogP contribution in [0.3, 0.4) is 0 Å². The van der Waals surface area contributed by atoms with Gasteiger partial charge in [0.05, 0.1) is 17.6 Å². The first-order valence-corrected chi connectivity index (χ1v) is 7.16. The van der Waals surface area contributed by atoms with E-state index in [0.29, 0.717) is 18.4 Å². The Morgan fingerprint density at radius 2 is 2.04 bits per heavy atom. The number of methoxy groups -OCH3 is 1. The molecule has 1 rings (SSSR count). The van der Waals surface area contributed by atoms with E-state index in [2.05, 4.69) is 5.32 Å². The van der Waals surface area contributed by atoms with Crippen molar-refractivity contribution in [3.63, 3.8) is 0 Å². The smallest absolute Gasteiger partial charge is 0.331 e. The number of esters is 1. The lowest BCUT2D eigenvalue weighted by Gasteiger charge is -2.26. The maximum Gasteiger partial charge on any atom is 0.331 e. The van der Waals surface area contributed by atoms with Crippen LogP contribution in [0.4, 0.5) is 5.69 Å². The number of ether oxygens (including phenoxy) is 1. The van der Waals surface area contributed by atoms with E-state index < -0.39 is 22.3 Å². The van der Waals surface area contributed by atoms with E-state index >= 15 is 0 Å². The van der Waals surface area contributed by atoms with Gasteiger partial charge in [-0.3, -0.25) is 14.9 Å². The summed E-state index contributed by atoms with van der Waals surface area (Å²) >= 11 is 0. The van der Waals surface area contributed by atoms with Gasteiger partial charge < -0.3 is 10.1 Å². The van der Waals surface area contributed by atoms with Gasteiger partial charge in [0.1, 0.15) is 5.54 Å². The Morgan fingerprint density at radius 3 is 2.61 bits per heavy atom. The highest BCUT2D eigenvalue weighted by Crippen LogP contribution is 2.19. The van der Waals surface area contributed by atoms with Crippen LogP contribution in [0.1, 0.15) is 32.3 Å². The van der Waals surface area contributed by atoms with Crippen LogP contribution in [-0.4, -0.2) is 29.4 Å². The van der Waals surface area contributed by atoms with Crippen LogP contribution in [0.25, 0.3) is 6.08 Å². The average Bonchev–Trinajstić information content (AvgIpc) is 2.52. The number of nitro groups is 1. The van der Waals surface area contributed by atoms with Gasteiger partial charge >= 0.3 is 5.97 Å². The number of benzene rings is 1. The lowest BCUT2D eigenvalue weighted by atomic mass is 9.96. The Bertz CT molecular complexity index is 627. The number of hydrogen-bond donors (Lipinski definition) is 1. The van der Waals surface area contributed by atoms with Crippen molar-refractivity contribution in [2.75, 3.05) is 7.11 Å². The second-order valence-corrected chi connectivity index (χ2v) is 5.21. The number of carbonyl (C=O) groups is 2. The highest BCUT2D eigenvalue weighted by atomic mass is 16.6. The number of rotatable bonds is 7.